The Morgan fingerprint density at radius 3 is 2.45 bits per heavy atom. The molecule has 1 aromatic heterocycles. The lowest BCUT2D eigenvalue weighted by Gasteiger charge is -2.40. The van der Waals surface area contributed by atoms with Crippen LogP contribution in [0.3, 0.4) is 0 Å². The average Bonchev–Trinajstić information content (AvgIpc) is 3.39. The van der Waals surface area contributed by atoms with E-state index in [1.165, 1.54) is 9.18 Å². The second kappa shape index (κ2) is 10.2. The molecule has 0 aliphatic carbocycles. The van der Waals surface area contributed by atoms with Crippen molar-refractivity contribution in [3.63, 3.8) is 0 Å². The molecule has 0 saturated heterocycles. The predicted octanol–water partition coefficient (Wildman–Crippen LogP) is 5.87. The van der Waals surface area contributed by atoms with Crippen LogP contribution in [0.25, 0.3) is 10.8 Å². The molecule has 1 aliphatic heterocycles. The van der Waals surface area contributed by atoms with Crippen molar-refractivity contribution in [3.8, 4) is 5.75 Å². The van der Waals surface area contributed by atoms with Gasteiger partial charge in [-0.3, -0.25) is 4.79 Å². The van der Waals surface area contributed by atoms with Crippen molar-refractivity contribution in [3.05, 3.63) is 94.2 Å². The third-order valence-corrected chi connectivity index (χ3v) is 10.2. The van der Waals surface area contributed by atoms with Crippen LogP contribution in [0.5, 0.6) is 5.75 Å². The summed E-state index contributed by atoms with van der Waals surface area (Å²) in [6, 6.07) is 22.2. The summed E-state index contributed by atoms with van der Waals surface area (Å²) in [5.74, 6) is 0.523. The van der Waals surface area contributed by atoms with Gasteiger partial charge in [0, 0.05) is 22.3 Å². The third-order valence-electron chi connectivity index (χ3n) is 7.06. The third kappa shape index (κ3) is 4.84. The normalized spacial score (nSPS) is 16.0. The highest BCUT2D eigenvalue weighted by Gasteiger charge is 2.40. The number of amides is 1. The first-order valence-electron chi connectivity index (χ1n) is 12.6. The highest BCUT2D eigenvalue weighted by atomic mass is 32.2. The van der Waals surface area contributed by atoms with E-state index < -0.39 is 15.6 Å². The van der Waals surface area contributed by atoms with Crippen LogP contribution in [-0.4, -0.2) is 49.3 Å². The van der Waals surface area contributed by atoms with Gasteiger partial charge in [-0.05, 0) is 73.4 Å². The van der Waals surface area contributed by atoms with Gasteiger partial charge in [-0.25, -0.2) is 8.42 Å². The Morgan fingerprint density at radius 2 is 1.74 bits per heavy atom. The van der Waals surface area contributed by atoms with E-state index in [4.69, 9.17) is 4.74 Å². The summed E-state index contributed by atoms with van der Waals surface area (Å²) in [6.07, 6.45) is 0.747. The highest BCUT2D eigenvalue weighted by molar-refractivity contribution is 7.89. The molecule has 1 atom stereocenters. The number of carbonyl (C=O) groups excluding carboxylic acids is 1. The number of fused-ring (bicyclic) bond motifs is 2. The molecule has 0 bridgehead atoms. The molecule has 0 radical (unpaired) electrons. The molecule has 38 heavy (non-hydrogen) atoms. The SMILES string of the molecule is COc1ccc(C2c3ccsc3CCN2C(=O)CN(C(C)(C)C)S(=O)(=O)c2cccc3ccccc23)cc1. The van der Waals surface area contributed by atoms with Gasteiger partial charge in [-0.15, -0.1) is 11.3 Å². The molecule has 1 amide bonds. The van der Waals surface area contributed by atoms with Crippen LogP contribution in [-0.2, 0) is 21.2 Å². The topological polar surface area (TPSA) is 66.9 Å². The number of benzene rings is 3. The number of rotatable bonds is 6. The summed E-state index contributed by atoms with van der Waals surface area (Å²) in [6.45, 7) is 5.77. The maximum Gasteiger partial charge on any atom is 0.244 e. The minimum Gasteiger partial charge on any atom is -0.497 e. The van der Waals surface area contributed by atoms with Gasteiger partial charge >= 0.3 is 0 Å². The summed E-state index contributed by atoms with van der Waals surface area (Å²) in [4.78, 5) is 17.3. The molecule has 2 heterocycles. The van der Waals surface area contributed by atoms with Crippen molar-refractivity contribution in [2.75, 3.05) is 20.2 Å². The zero-order valence-electron chi connectivity index (χ0n) is 22.0. The molecule has 1 unspecified atom stereocenters. The quantitative estimate of drug-likeness (QED) is 0.302. The summed E-state index contributed by atoms with van der Waals surface area (Å²) in [5.41, 5.74) is 1.25. The van der Waals surface area contributed by atoms with Gasteiger partial charge < -0.3 is 9.64 Å². The van der Waals surface area contributed by atoms with Crippen LogP contribution in [0, 0.1) is 0 Å². The summed E-state index contributed by atoms with van der Waals surface area (Å²) >= 11 is 1.70. The zero-order chi connectivity index (χ0) is 27.1. The average molecular weight is 549 g/mol. The van der Waals surface area contributed by atoms with Crippen molar-refractivity contribution in [1.82, 2.24) is 9.21 Å². The van der Waals surface area contributed by atoms with Gasteiger partial charge in [0.25, 0.3) is 0 Å². The first kappa shape index (κ1) is 26.4. The minimum atomic E-state index is -3.99. The second-order valence-electron chi connectivity index (χ2n) is 10.5. The largest absolute Gasteiger partial charge is 0.497 e. The van der Waals surface area contributed by atoms with E-state index in [0.717, 1.165) is 28.7 Å². The van der Waals surface area contributed by atoms with Crippen LogP contribution >= 0.6 is 11.3 Å². The van der Waals surface area contributed by atoms with Crippen LogP contribution in [0.4, 0.5) is 0 Å². The minimum absolute atomic E-state index is 0.212. The van der Waals surface area contributed by atoms with Crippen molar-refractivity contribution in [1.29, 1.82) is 0 Å². The Kier molecular flexibility index (Phi) is 7.07. The lowest BCUT2D eigenvalue weighted by molar-refractivity contribution is -0.134. The highest BCUT2D eigenvalue weighted by Crippen LogP contribution is 2.39. The van der Waals surface area contributed by atoms with Crippen molar-refractivity contribution in [2.24, 2.45) is 0 Å². The monoisotopic (exact) mass is 548 g/mol. The molecule has 0 saturated carbocycles. The Morgan fingerprint density at radius 1 is 1.03 bits per heavy atom. The molecule has 3 aromatic carbocycles. The molecule has 8 heteroatoms. The second-order valence-corrected chi connectivity index (χ2v) is 13.3. The van der Waals surface area contributed by atoms with E-state index in [0.29, 0.717) is 11.9 Å². The van der Waals surface area contributed by atoms with E-state index in [1.54, 1.807) is 30.6 Å². The Balaban J connectivity index is 1.53. The summed E-state index contributed by atoms with van der Waals surface area (Å²) in [7, 11) is -2.36. The van der Waals surface area contributed by atoms with Gasteiger partial charge in [-0.1, -0.05) is 48.5 Å². The van der Waals surface area contributed by atoms with Crippen LogP contribution in [0.2, 0.25) is 0 Å². The Hall–Kier alpha value is -3.20. The molecular weight excluding hydrogens is 516 g/mol. The van der Waals surface area contributed by atoms with Gasteiger partial charge in [0.1, 0.15) is 5.75 Å². The summed E-state index contributed by atoms with van der Waals surface area (Å²) < 4.78 is 34.9. The van der Waals surface area contributed by atoms with Gasteiger partial charge in [0.2, 0.25) is 15.9 Å². The number of thiophene rings is 1. The van der Waals surface area contributed by atoms with Crippen LogP contribution < -0.4 is 4.74 Å². The van der Waals surface area contributed by atoms with Crippen LogP contribution in [0.1, 0.15) is 42.8 Å². The molecule has 0 fully saturated rings. The Bertz CT molecular complexity index is 1560. The lowest BCUT2D eigenvalue weighted by atomic mass is 9.93. The van der Waals surface area contributed by atoms with Gasteiger partial charge in [0.15, 0.2) is 0 Å². The maximum absolute atomic E-state index is 14.1. The van der Waals surface area contributed by atoms with E-state index >= 15 is 0 Å². The number of ether oxygens (including phenoxy) is 1. The summed E-state index contributed by atoms with van der Waals surface area (Å²) in [5, 5.41) is 3.55. The number of methoxy groups -OCH3 is 1. The molecule has 0 N–H and O–H groups in total. The number of nitrogens with zero attached hydrogens (tertiary/aromatic N) is 2. The zero-order valence-corrected chi connectivity index (χ0v) is 23.7. The molecule has 4 aromatic rings. The number of hydrogen-bond donors (Lipinski definition) is 0. The van der Waals surface area contributed by atoms with Crippen molar-refractivity contribution in [2.45, 2.75) is 43.7 Å². The van der Waals surface area contributed by atoms with Gasteiger partial charge in [-0.2, -0.15) is 4.31 Å². The van der Waals surface area contributed by atoms with E-state index in [-0.39, 0.29) is 23.4 Å². The predicted molar refractivity (Wildman–Crippen MR) is 152 cm³/mol. The lowest BCUT2D eigenvalue weighted by Crippen LogP contribution is -2.52. The first-order valence-corrected chi connectivity index (χ1v) is 14.9. The molecule has 5 rings (SSSR count). The fourth-order valence-corrected chi connectivity index (χ4v) is 8.02. The fraction of sp³-hybridized carbons (Fsp3) is 0.300. The first-order chi connectivity index (χ1) is 18.1. The maximum atomic E-state index is 14.1. The van der Waals surface area contributed by atoms with Crippen molar-refractivity contribution < 1.29 is 17.9 Å². The van der Waals surface area contributed by atoms with E-state index in [1.807, 2.05) is 80.3 Å². The fourth-order valence-electron chi connectivity index (χ4n) is 5.17. The molecule has 1 aliphatic rings. The number of sulfonamides is 1. The van der Waals surface area contributed by atoms with E-state index in [9.17, 15) is 13.2 Å². The molecule has 6 nitrogen and oxygen atoms in total. The van der Waals surface area contributed by atoms with E-state index in [2.05, 4.69) is 11.4 Å². The molecule has 198 valence electrons. The number of hydrogen-bond acceptors (Lipinski definition) is 5. The Labute approximate surface area is 228 Å². The number of carbonyl (C=O) groups is 1. The van der Waals surface area contributed by atoms with Gasteiger partial charge in [0.05, 0.1) is 24.6 Å². The standard InChI is InChI=1S/C30H32N2O4S2/c1-30(2,3)32(38(34,35)27-11-7-9-21-8-5-6-10-24(21)27)20-28(33)31-18-16-26-25(17-19-37-26)29(31)22-12-14-23(36-4)15-13-22/h5-15,17,19,29H,16,18,20H2,1-4H3. The smallest absolute Gasteiger partial charge is 0.244 e. The van der Waals surface area contributed by atoms with Crippen molar-refractivity contribution >= 4 is 38.0 Å². The molecule has 0 spiro atoms. The van der Waals surface area contributed by atoms with Crippen LogP contribution in [0.15, 0.2) is 83.1 Å². The molecular formula is C30H32N2O4S2.